The number of rotatable bonds is 4. The average molecular weight is 260 g/mol. The SMILES string of the molecule is NC(=O)N/N=C/CCN1C(=O)c2ccccc2C1=O. The minimum Gasteiger partial charge on any atom is -0.350 e. The van der Waals surface area contributed by atoms with Gasteiger partial charge in [-0.1, -0.05) is 12.1 Å². The molecule has 3 N–H and O–H groups in total. The van der Waals surface area contributed by atoms with Gasteiger partial charge in [-0.05, 0) is 12.1 Å². The van der Waals surface area contributed by atoms with Gasteiger partial charge in [0.15, 0.2) is 0 Å². The van der Waals surface area contributed by atoms with Gasteiger partial charge >= 0.3 is 6.03 Å². The maximum atomic E-state index is 11.9. The summed E-state index contributed by atoms with van der Waals surface area (Å²) in [5.74, 6) is -0.617. The lowest BCUT2D eigenvalue weighted by molar-refractivity contribution is 0.0659. The van der Waals surface area contributed by atoms with Crippen molar-refractivity contribution in [1.82, 2.24) is 10.3 Å². The van der Waals surface area contributed by atoms with Gasteiger partial charge in [0.25, 0.3) is 11.8 Å². The maximum absolute atomic E-state index is 11.9. The van der Waals surface area contributed by atoms with Crippen LogP contribution in [0.2, 0.25) is 0 Å². The molecular formula is C12H12N4O3. The molecule has 0 aliphatic carbocycles. The number of hydrogen-bond donors (Lipinski definition) is 2. The van der Waals surface area contributed by atoms with Crippen LogP contribution >= 0.6 is 0 Å². The van der Waals surface area contributed by atoms with E-state index in [9.17, 15) is 14.4 Å². The Labute approximate surface area is 109 Å². The molecule has 19 heavy (non-hydrogen) atoms. The highest BCUT2D eigenvalue weighted by Gasteiger charge is 2.34. The van der Waals surface area contributed by atoms with Crippen LogP contribution in [0.3, 0.4) is 0 Å². The molecule has 1 aliphatic rings. The maximum Gasteiger partial charge on any atom is 0.332 e. The number of carbonyl (C=O) groups excluding carboxylic acids is 3. The van der Waals surface area contributed by atoms with Gasteiger partial charge in [-0.25, -0.2) is 10.2 Å². The normalized spacial score (nSPS) is 14.0. The predicted molar refractivity (Wildman–Crippen MR) is 67.6 cm³/mol. The van der Waals surface area contributed by atoms with E-state index in [2.05, 4.69) is 5.10 Å². The van der Waals surface area contributed by atoms with Gasteiger partial charge in [-0.3, -0.25) is 14.5 Å². The van der Waals surface area contributed by atoms with Gasteiger partial charge in [0.1, 0.15) is 0 Å². The van der Waals surface area contributed by atoms with Gasteiger partial charge < -0.3 is 5.73 Å². The molecule has 1 aromatic rings. The second-order valence-electron chi connectivity index (χ2n) is 3.88. The first-order valence-electron chi connectivity index (χ1n) is 5.63. The molecule has 0 fully saturated rings. The largest absolute Gasteiger partial charge is 0.350 e. The van der Waals surface area contributed by atoms with Crippen molar-refractivity contribution in [1.29, 1.82) is 0 Å². The Hall–Kier alpha value is -2.70. The van der Waals surface area contributed by atoms with Gasteiger partial charge in [0.05, 0.1) is 11.1 Å². The molecular weight excluding hydrogens is 248 g/mol. The van der Waals surface area contributed by atoms with E-state index in [0.717, 1.165) is 4.90 Å². The van der Waals surface area contributed by atoms with E-state index in [4.69, 9.17) is 5.73 Å². The number of nitrogens with two attached hydrogens (primary N) is 1. The smallest absolute Gasteiger partial charge is 0.332 e. The highest BCUT2D eigenvalue weighted by Crippen LogP contribution is 2.22. The van der Waals surface area contributed by atoms with Crippen molar-refractivity contribution >= 4 is 24.1 Å². The molecule has 1 heterocycles. The lowest BCUT2D eigenvalue weighted by atomic mass is 10.1. The average Bonchev–Trinajstić information content (AvgIpc) is 2.63. The zero-order valence-electron chi connectivity index (χ0n) is 10.00. The number of carbonyl (C=O) groups is 3. The van der Waals surface area contributed by atoms with Crippen LogP contribution in [-0.2, 0) is 0 Å². The van der Waals surface area contributed by atoms with E-state index in [1.54, 1.807) is 24.3 Å². The summed E-state index contributed by atoms with van der Waals surface area (Å²) in [6.45, 7) is 0.205. The summed E-state index contributed by atoms with van der Waals surface area (Å²) >= 11 is 0. The van der Waals surface area contributed by atoms with E-state index in [1.807, 2.05) is 5.43 Å². The molecule has 0 saturated heterocycles. The Morgan fingerprint density at radius 3 is 2.37 bits per heavy atom. The first kappa shape index (κ1) is 12.7. The van der Waals surface area contributed by atoms with Crippen molar-refractivity contribution in [3.05, 3.63) is 35.4 Å². The van der Waals surface area contributed by atoms with Gasteiger partial charge in [0, 0.05) is 19.2 Å². The number of hydrogen-bond acceptors (Lipinski definition) is 4. The fourth-order valence-corrected chi connectivity index (χ4v) is 1.80. The minimum atomic E-state index is -0.767. The molecule has 1 aromatic carbocycles. The molecule has 4 amide bonds. The molecule has 7 nitrogen and oxygen atoms in total. The molecule has 0 saturated carbocycles. The molecule has 0 spiro atoms. The minimum absolute atomic E-state index is 0.205. The lowest BCUT2D eigenvalue weighted by Gasteiger charge is -2.11. The molecule has 0 atom stereocenters. The fourth-order valence-electron chi connectivity index (χ4n) is 1.80. The highest BCUT2D eigenvalue weighted by atomic mass is 16.2. The van der Waals surface area contributed by atoms with E-state index in [0.29, 0.717) is 17.5 Å². The van der Waals surface area contributed by atoms with Crippen molar-refractivity contribution in [2.75, 3.05) is 6.54 Å². The third-order valence-corrected chi connectivity index (χ3v) is 2.63. The van der Waals surface area contributed by atoms with Crippen LogP contribution in [0.1, 0.15) is 27.1 Å². The molecule has 7 heteroatoms. The second-order valence-corrected chi connectivity index (χ2v) is 3.88. The third-order valence-electron chi connectivity index (χ3n) is 2.63. The summed E-state index contributed by atoms with van der Waals surface area (Å²) < 4.78 is 0. The topological polar surface area (TPSA) is 105 Å². The summed E-state index contributed by atoms with van der Waals surface area (Å²) in [5, 5.41) is 3.53. The molecule has 98 valence electrons. The number of nitrogens with one attached hydrogen (secondary N) is 1. The Balaban J connectivity index is 1.97. The van der Waals surface area contributed by atoms with Crippen LogP contribution in [0.4, 0.5) is 4.79 Å². The summed E-state index contributed by atoms with van der Waals surface area (Å²) in [7, 11) is 0. The standard InChI is InChI=1S/C12H12N4O3/c13-12(19)15-14-6-3-7-16-10(17)8-4-1-2-5-9(8)11(16)18/h1-2,4-6H,3,7H2,(H3,13,15,19)/b14-6+. The molecule has 1 aliphatic heterocycles. The zero-order chi connectivity index (χ0) is 13.8. The number of urea groups is 1. The van der Waals surface area contributed by atoms with Crippen LogP contribution in [0.5, 0.6) is 0 Å². The first-order chi connectivity index (χ1) is 9.11. The van der Waals surface area contributed by atoms with Gasteiger partial charge in [-0.15, -0.1) is 0 Å². The van der Waals surface area contributed by atoms with E-state index in [-0.39, 0.29) is 18.4 Å². The van der Waals surface area contributed by atoms with E-state index < -0.39 is 6.03 Å². The summed E-state index contributed by atoms with van der Waals surface area (Å²) in [4.78, 5) is 35.4. The number of primary amides is 1. The third kappa shape index (κ3) is 2.59. The molecule has 0 unspecified atom stereocenters. The van der Waals surface area contributed by atoms with Crippen molar-refractivity contribution in [2.45, 2.75) is 6.42 Å². The quantitative estimate of drug-likeness (QED) is 0.463. The molecule has 0 radical (unpaired) electrons. The van der Waals surface area contributed by atoms with Crippen LogP contribution in [0.15, 0.2) is 29.4 Å². The van der Waals surface area contributed by atoms with E-state index in [1.165, 1.54) is 6.21 Å². The van der Waals surface area contributed by atoms with Crippen LogP contribution in [0, 0.1) is 0 Å². The molecule has 0 aromatic heterocycles. The van der Waals surface area contributed by atoms with Crippen LogP contribution in [0.25, 0.3) is 0 Å². The Kier molecular flexibility index (Phi) is 3.56. The van der Waals surface area contributed by atoms with Gasteiger partial charge in [0.2, 0.25) is 0 Å². The van der Waals surface area contributed by atoms with Crippen molar-refractivity contribution in [3.8, 4) is 0 Å². The number of hydrazone groups is 1. The van der Waals surface area contributed by atoms with E-state index >= 15 is 0 Å². The monoisotopic (exact) mass is 260 g/mol. The second kappa shape index (κ2) is 5.30. The lowest BCUT2D eigenvalue weighted by Crippen LogP contribution is -2.31. The Morgan fingerprint density at radius 1 is 1.26 bits per heavy atom. The molecule has 0 bridgehead atoms. The Morgan fingerprint density at radius 2 is 1.84 bits per heavy atom. The van der Waals surface area contributed by atoms with Crippen molar-refractivity contribution in [3.63, 3.8) is 0 Å². The zero-order valence-corrected chi connectivity index (χ0v) is 10.00. The number of amides is 4. The number of imide groups is 1. The Bertz CT molecular complexity index is 533. The molecule has 2 rings (SSSR count). The summed E-state index contributed by atoms with van der Waals surface area (Å²) in [6.07, 6.45) is 1.72. The van der Waals surface area contributed by atoms with Crippen LogP contribution < -0.4 is 11.2 Å². The summed E-state index contributed by atoms with van der Waals surface area (Å²) in [5.41, 5.74) is 7.68. The van der Waals surface area contributed by atoms with Gasteiger partial charge in [-0.2, -0.15) is 5.10 Å². The van der Waals surface area contributed by atoms with Crippen molar-refractivity contribution < 1.29 is 14.4 Å². The first-order valence-corrected chi connectivity index (χ1v) is 5.63. The number of benzene rings is 1. The van der Waals surface area contributed by atoms with Crippen molar-refractivity contribution in [2.24, 2.45) is 10.8 Å². The highest BCUT2D eigenvalue weighted by molar-refractivity contribution is 6.21. The fraction of sp³-hybridized carbons (Fsp3) is 0.167. The number of nitrogens with zero attached hydrogens (tertiary/aromatic N) is 2. The summed E-state index contributed by atoms with van der Waals surface area (Å²) in [6, 6.07) is 5.91. The van der Waals surface area contributed by atoms with Crippen LogP contribution in [-0.4, -0.2) is 35.5 Å². The number of fused-ring (bicyclic) bond motifs is 1. The predicted octanol–water partition coefficient (Wildman–Crippen LogP) is 0.327.